The van der Waals surface area contributed by atoms with E-state index in [2.05, 4.69) is 33.1 Å². The van der Waals surface area contributed by atoms with Gasteiger partial charge >= 0.3 is 0 Å². The van der Waals surface area contributed by atoms with Crippen LogP contribution in [0.4, 0.5) is 4.39 Å². The van der Waals surface area contributed by atoms with E-state index in [4.69, 9.17) is 0 Å². The first kappa shape index (κ1) is 13.5. The van der Waals surface area contributed by atoms with Gasteiger partial charge in [-0.05, 0) is 44.9 Å². The molecule has 3 rings (SSSR count). The molecule has 0 radical (unpaired) electrons. The van der Waals surface area contributed by atoms with Crippen LogP contribution in [0.3, 0.4) is 0 Å². The molecule has 1 N–H and O–H groups in total. The van der Waals surface area contributed by atoms with Gasteiger partial charge in [0.2, 0.25) is 0 Å². The van der Waals surface area contributed by atoms with E-state index in [0.717, 1.165) is 10.0 Å². The number of nitrogens with zero attached hydrogens (tertiary/aromatic N) is 1. The van der Waals surface area contributed by atoms with Crippen LogP contribution in [0.2, 0.25) is 0 Å². The largest absolute Gasteiger partial charge is 0.306 e. The summed E-state index contributed by atoms with van der Waals surface area (Å²) < 4.78 is 14.8. The lowest BCUT2D eigenvalue weighted by Crippen LogP contribution is -2.40. The Morgan fingerprint density at radius 3 is 3.00 bits per heavy atom. The van der Waals surface area contributed by atoms with E-state index in [0.29, 0.717) is 12.1 Å². The normalized spacial score (nSPS) is 28.6. The van der Waals surface area contributed by atoms with E-state index in [1.54, 1.807) is 6.07 Å². The van der Waals surface area contributed by atoms with Crippen molar-refractivity contribution in [3.63, 3.8) is 0 Å². The van der Waals surface area contributed by atoms with Gasteiger partial charge < -0.3 is 5.32 Å². The molecule has 0 aromatic heterocycles. The third-order valence-corrected chi connectivity index (χ3v) is 4.99. The zero-order valence-corrected chi connectivity index (χ0v) is 12.8. The smallest absolute Gasteiger partial charge is 0.129 e. The van der Waals surface area contributed by atoms with Crippen molar-refractivity contribution in [2.24, 2.45) is 0 Å². The zero-order chi connectivity index (χ0) is 13.4. The van der Waals surface area contributed by atoms with Crippen molar-refractivity contribution < 1.29 is 4.39 Å². The first-order valence-corrected chi connectivity index (χ1v) is 7.89. The van der Waals surface area contributed by atoms with Crippen LogP contribution in [0.15, 0.2) is 22.7 Å². The molecule has 2 heterocycles. The Labute approximate surface area is 122 Å². The Kier molecular flexibility index (Phi) is 3.92. The third-order valence-electron chi connectivity index (χ3n) is 4.50. The Morgan fingerprint density at radius 1 is 1.37 bits per heavy atom. The predicted molar refractivity (Wildman–Crippen MR) is 78.7 cm³/mol. The standard InChI is InChI=1S/C15H20BrFN2/c1-10(12-5-4-11(16)9-13(12)17)18-14-6-8-19-7-2-3-15(14)19/h4-5,9-10,14-15,18H,2-3,6-8H2,1H3. The topological polar surface area (TPSA) is 15.3 Å². The Hall–Kier alpha value is -0.450. The van der Waals surface area contributed by atoms with Crippen molar-refractivity contribution in [3.8, 4) is 0 Å². The van der Waals surface area contributed by atoms with Gasteiger partial charge in [0.25, 0.3) is 0 Å². The van der Waals surface area contributed by atoms with E-state index in [-0.39, 0.29) is 11.9 Å². The quantitative estimate of drug-likeness (QED) is 0.914. The van der Waals surface area contributed by atoms with Crippen molar-refractivity contribution >= 4 is 15.9 Å². The van der Waals surface area contributed by atoms with Gasteiger partial charge in [-0.3, -0.25) is 4.90 Å². The number of benzene rings is 1. The monoisotopic (exact) mass is 326 g/mol. The highest BCUT2D eigenvalue weighted by molar-refractivity contribution is 9.10. The maximum atomic E-state index is 14.0. The van der Waals surface area contributed by atoms with Crippen molar-refractivity contribution in [2.45, 2.75) is 44.3 Å². The first-order valence-electron chi connectivity index (χ1n) is 7.10. The van der Waals surface area contributed by atoms with E-state index in [9.17, 15) is 4.39 Å². The van der Waals surface area contributed by atoms with Crippen molar-refractivity contribution in [2.75, 3.05) is 13.1 Å². The molecule has 0 saturated carbocycles. The summed E-state index contributed by atoms with van der Waals surface area (Å²) >= 11 is 3.30. The minimum absolute atomic E-state index is 0.0682. The summed E-state index contributed by atoms with van der Waals surface area (Å²) in [5, 5.41) is 3.63. The number of rotatable bonds is 3. The summed E-state index contributed by atoms with van der Waals surface area (Å²) in [5.41, 5.74) is 0.764. The van der Waals surface area contributed by atoms with Crippen LogP contribution < -0.4 is 5.32 Å². The molecule has 1 aromatic carbocycles. The molecule has 19 heavy (non-hydrogen) atoms. The molecule has 2 aliphatic heterocycles. The SMILES string of the molecule is CC(NC1CCN2CCCC12)c1ccc(Br)cc1F. The summed E-state index contributed by atoms with van der Waals surface area (Å²) in [6, 6.07) is 6.58. The fraction of sp³-hybridized carbons (Fsp3) is 0.600. The average molecular weight is 327 g/mol. The molecular weight excluding hydrogens is 307 g/mol. The second-order valence-corrected chi connectivity index (χ2v) is 6.61. The molecule has 0 amide bonds. The Morgan fingerprint density at radius 2 is 2.21 bits per heavy atom. The van der Waals surface area contributed by atoms with Crippen LogP contribution in [0.25, 0.3) is 0 Å². The number of hydrogen-bond donors (Lipinski definition) is 1. The van der Waals surface area contributed by atoms with Crippen LogP contribution in [0.1, 0.15) is 37.8 Å². The van der Waals surface area contributed by atoms with Gasteiger partial charge in [0, 0.05) is 34.7 Å². The fourth-order valence-electron chi connectivity index (χ4n) is 3.54. The Bertz CT molecular complexity index is 465. The molecule has 2 nitrogen and oxygen atoms in total. The summed E-state index contributed by atoms with van der Waals surface area (Å²) in [4.78, 5) is 2.57. The maximum Gasteiger partial charge on any atom is 0.129 e. The Balaban J connectivity index is 1.69. The van der Waals surface area contributed by atoms with Gasteiger partial charge in [-0.2, -0.15) is 0 Å². The second kappa shape index (κ2) is 5.51. The number of hydrogen-bond acceptors (Lipinski definition) is 2. The van der Waals surface area contributed by atoms with Crippen molar-refractivity contribution in [1.82, 2.24) is 10.2 Å². The number of halogens is 2. The third kappa shape index (κ3) is 2.71. The lowest BCUT2D eigenvalue weighted by Gasteiger charge is -2.25. The summed E-state index contributed by atoms with van der Waals surface area (Å²) in [6.07, 6.45) is 3.78. The number of fused-ring (bicyclic) bond motifs is 1. The molecular formula is C15H20BrFN2. The fourth-order valence-corrected chi connectivity index (χ4v) is 3.87. The van der Waals surface area contributed by atoms with Crippen LogP contribution in [-0.4, -0.2) is 30.1 Å². The molecule has 3 unspecified atom stereocenters. The highest BCUT2D eigenvalue weighted by Crippen LogP contribution is 2.30. The average Bonchev–Trinajstić information content (AvgIpc) is 2.94. The molecule has 104 valence electrons. The lowest BCUT2D eigenvalue weighted by atomic mass is 10.0. The molecule has 2 aliphatic rings. The molecule has 0 aliphatic carbocycles. The lowest BCUT2D eigenvalue weighted by molar-refractivity contribution is 0.290. The van der Waals surface area contributed by atoms with Gasteiger partial charge in [-0.15, -0.1) is 0 Å². The van der Waals surface area contributed by atoms with Gasteiger partial charge in [0.1, 0.15) is 5.82 Å². The van der Waals surface area contributed by atoms with Crippen LogP contribution >= 0.6 is 15.9 Å². The second-order valence-electron chi connectivity index (χ2n) is 5.69. The maximum absolute atomic E-state index is 14.0. The summed E-state index contributed by atoms with van der Waals surface area (Å²) in [6.45, 7) is 4.49. The van der Waals surface area contributed by atoms with E-state index in [1.807, 2.05) is 12.1 Å². The highest BCUT2D eigenvalue weighted by atomic mass is 79.9. The van der Waals surface area contributed by atoms with Gasteiger partial charge in [0.05, 0.1) is 0 Å². The van der Waals surface area contributed by atoms with E-state index in [1.165, 1.54) is 32.4 Å². The van der Waals surface area contributed by atoms with Gasteiger partial charge in [-0.1, -0.05) is 22.0 Å². The van der Waals surface area contributed by atoms with Gasteiger partial charge in [0.15, 0.2) is 0 Å². The summed E-state index contributed by atoms with van der Waals surface area (Å²) in [5.74, 6) is -0.129. The predicted octanol–water partition coefficient (Wildman–Crippen LogP) is 3.48. The molecule has 3 atom stereocenters. The van der Waals surface area contributed by atoms with Crippen molar-refractivity contribution in [3.05, 3.63) is 34.1 Å². The molecule has 2 fully saturated rings. The van der Waals surface area contributed by atoms with Crippen LogP contribution in [0.5, 0.6) is 0 Å². The minimum atomic E-state index is -0.129. The van der Waals surface area contributed by atoms with E-state index < -0.39 is 0 Å². The highest BCUT2D eigenvalue weighted by Gasteiger charge is 2.37. The van der Waals surface area contributed by atoms with Gasteiger partial charge in [-0.25, -0.2) is 4.39 Å². The van der Waals surface area contributed by atoms with Crippen LogP contribution in [0, 0.1) is 5.82 Å². The summed E-state index contributed by atoms with van der Waals surface area (Å²) in [7, 11) is 0. The number of nitrogens with one attached hydrogen (secondary N) is 1. The minimum Gasteiger partial charge on any atom is -0.306 e. The molecule has 2 saturated heterocycles. The molecule has 0 spiro atoms. The molecule has 0 bridgehead atoms. The van der Waals surface area contributed by atoms with E-state index >= 15 is 0 Å². The first-order chi connectivity index (χ1) is 9.15. The molecule has 1 aromatic rings. The van der Waals surface area contributed by atoms with Crippen molar-refractivity contribution in [1.29, 1.82) is 0 Å². The molecule has 4 heteroatoms. The zero-order valence-electron chi connectivity index (χ0n) is 11.2. The van der Waals surface area contributed by atoms with Crippen LogP contribution in [-0.2, 0) is 0 Å².